The van der Waals surface area contributed by atoms with E-state index in [1.165, 1.54) is 4.57 Å². The van der Waals surface area contributed by atoms with Gasteiger partial charge in [0.1, 0.15) is 0 Å². The summed E-state index contributed by atoms with van der Waals surface area (Å²) in [7, 11) is 0. The second-order valence-corrected chi connectivity index (χ2v) is 6.34. The molecule has 1 amide bonds. The van der Waals surface area contributed by atoms with Gasteiger partial charge in [-0.2, -0.15) is 5.10 Å². The molecular weight excluding hydrogens is 362 g/mol. The van der Waals surface area contributed by atoms with Crippen LogP contribution < -0.4 is 16.6 Å². The highest BCUT2D eigenvalue weighted by molar-refractivity contribution is 5.90. The van der Waals surface area contributed by atoms with Crippen molar-refractivity contribution in [3.63, 3.8) is 0 Å². The number of nitrogens with one attached hydrogen (secondary N) is 2. The number of nitrogens with zero attached hydrogens (tertiary/aromatic N) is 3. The first-order chi connectivity index (χ1) is 13.6. The number of rotatable bonds is 5. The van der Waals surface area contributed by atoms with Gasteiger partial charge in [0.15, 0.2) is 11.2 Å². The summed E-state index contributed by atoms with van der Waals surface area (Å²) in [5.74, 6) is -1.37. The predicted octanol–water partition coefficient (Wildman–Crippen LogP) is 1.15. The van der Waals surface area contributed by atoms with Gasteiger partial charge in [-0.15, -0.1) is 0 Å². The quantitative estimate of drug-likeness (QED) is 0.536. The molecule has 0 bridgehead atoms. The molecule has 28 heavy (non-hydrogen) atoms. The van der Waals surface area contributed by atoms with Gasteiger partial charge in [-0.25, -0.2) is 14.9 Å². The van der Waals surface area contributed by atoms with Gasteiger partial charge in [0.25, 0.3) is 5.56 Å². The van der Waals surface area contributed by atoms with E-state index in [-0.39, 0.29) is 24.6 Å². The Hall–Kier alpha value is -3.75. The molecule has 0 saturated heterocycles. The lowest BCUT2D eigenvalue weighted by molar-refractivity contribution is -0.122. The van der Waals surface area contributed by atoms with E-state index in [0.717, 1.165) is 0 Å². The standard InChI is InChI=1S/C19H17N5O4/c1-11(15-12-5-2-3-6-13(12)18(26)23-22-15)17(25)21-9-10-24-16-14(28-19(24)27)7-4-8-20-16/h2-8,11H,9-10H2,1H3,(H,21,25)(H,23,26)/t11-/m1/s1. The maximum absolute atomic E-state index is 12.6. The van der Waals surface area contributed by atoms with Gasteiger partial charge in [0.05, 0.1) is 17.0 Å². The minimum atomic E-state index is -0.585. The minimum absolute atomic E-state index is 0.218. The number of aromatic amines is 1. The average molecular weight is 379 g/mol. The van der Waals surface area contributed by atoms with Gasteiger partial charge in [0.2, 0.25) is 5.91 Å². The maximum Gasteiger partial charge on any atom is 0.421 e. The molecule has 3 heterocycles. The molecule has 4 rings (SSSR count). The molecule has 0 saturated carbocycles. The SMILES string of the molecule is C[C@@H](C(=O)NCCn1c(=O)oc2cccnc21)c1n[nH]c(=O)c2ccccc12. The van der Waals surface area contributed by atoms with Crippen LogP contribution in [0.3, 0.4) is 0 Å². The lowest BCUT2D eigenvalue weighted by Gasteiger charge is -2.13. The van der Waals surface area contributed by atoms with Gasteiger partial charge in [-0.3, -0.25) is 14.2 Å². The van der Waals surface area contributed by atoms with Gasteiger partial charge >= 0.3 is 5.76 Å². The van der Waals surface area contributed by atoms with E-state index in [0.29, 0.717) is 27.7 Å². The summed E-state index contributed by atoms with van der Waals surface area (Å²) < 4.78 is 6.49. The van der Waals surface area contributed by atoms with Crippen LogP contribution in [0.2, 0.25) is 0 Å². The molecule has 0 spiro atoms. The molecule has 0 aliphatic carbocycles. The van der Waals surface area contributed by atoms with Crippen LogP contribution >= 0.6 is 0 Å². The zero-order chi connectivity index (χ0) is 19.7. The normalized spacial score (nSPS) is 12.3. The molecule has 4 aromatic rings. The molecule has 9 heteroatoms. The largest absolute Gasteiger partial charge is 0.421 e. The monoisotopic (exact) mass is 379 g/mol. The summed E-state index contributed by atoms with van der Waals surface area (Å²) in [5, 5.41) is 10.4. The molecule has 0 aliphatic rings. The van der Waals surface area contributed by atoms with Gasteiger partial charge < -0.3 is 9.73 Å². The topological polar surface area (TPSA) is 123 Å². The van der Waals surface area contributed by atoms with Crippen molar-refractivity contribution in [2.75, 3.05) is 6.54 Å². The number of hydrogen-bond donors (Lipinski definition) is 2. The van der Waals surface area contributed by atoms with E-state index in [1.807, 2.05) is 0 Å². The van der Waals surface area contributed by atoms with Crippen LogP contribution in [-0.2, 0) is 11.3 Å². The van der Waals surface area contributed by atoms with Crippen LogP contribution in [0.5, 0.6) is 0 Å². The van der Waals surface area contributed by atoms with Gasteiger partial charge in [0, 0.05) is 24.7 Å². The van der Waals surface area contributed by atoms with Crippen molar-refractivity contribution >= 4 is 27.9 Å². The maximum atomic E-state index is 12.6. The minimum Gasteiger partial charge on any atom is -0.406 e. The third-order valence-corrected chi connectivity index (χ3v) is 4.59. The number of pyridine rings is 1. The van der Waals surface area contributed by atoms with Crippen molar-refractivity contribution in [3.05, 3.63) is 69.2 Å². The Morgan fingerprint density at radius 2 is 2.00 bits per heavy atom. The lowest BCUT2D eigenvalue weighted by atomic mass is 10.0. The Balaban J connectivity index is 1.50. The van der Waals surface area contributed by atoms with E-state index in [1.54, 1.807) is 49.5 Å². The number of oxazole rings is 1. The number of amides is 1. The third kappa shape index (κ3) is 3.07. The van der Waals surface area contributed by atoms with Gasteiger partial charge in [-0.05, 0) is 25.1 Å². The zero-order valence-electron chi connectivity index (χ0n) is 15.0. The summed E-state index contributed by atoms with van der Waals surface area (Å²) in [6.07, 6.45) is 1.57. The summed E-state index contributed by atoms with van der Waals surface area (Å²) in [6.45, 7) is 2.15. The number of benzene rings is 1. The summed E-state index contributed by atoms with van der Waals surface area (Å²) >= 11 is 0. The van der Waals surface area contributed by atoms with E-state index in [9.17, 15) is 14.4 Å². The molecule has 0 aliphatic heterocycles. The van der Waals surface area contributed by atoms with Crippen molar-refractivity contribution in [1.29, 1.82) is 0 Å². The van der Waals surface area contributed by atoms with Crippen molar-refractivity contribution < 1.29 is 9.21 Å². The molecule has 1 atom stereocenters. The summed E-state index contributed by atoms with van der Waals surface area (Å²) in [6, 6.07) is 10.3. The van der Waals surface area contributed by atoms with E-state index in [4.69, 9.17) is 4.42 Å². The van der Waals surface area contributed by atoms with Crippen molar-refractivity contribution in [1.82, 2.24) is 25.1 Å². The molecular formula is C19H17N5O4. The predicted molar refractivity (Wildman–Crippen MR) is 102 cm³/mol. The molecule has 0 unspecified atom stereocenters. The van der Waals surface area contributed by atoms with Crippen LogP contribution in [0.15, 0.2) is 56.6 Å². The molecule has 0 fully saturated rings. The number of fused-ring (bicyclic) bond motifs is 2. The number of hydrogen-bond acceptors (Lipinski definition) is 6. The van der Waals surface area contributed by atoms with E-state index < -0.39 is 11.7 Å². The Bertz CT molecular complexity index is 1290. The van der Waals surface area contributed by atoms with Crippen LogP contribution in [0, 0.1) is 0 Å². The summed E-state index contributed by atoms with van der Waals surface area (Å²) in [4.78, 5) is 40.6. The van der Waals surface area contributed by atoms with Gasteiger partial charge in [-0.1, -0.05) is 18.2 Å². The van der Waals surface area contributed by atoms with E-state index in [2.05, 4.69) is 20.5 Å². The number of carbonyl (C=O) groups excluding carboxylic acids is 1. The van der Waals surface area contributed by atoms with Crippen LogP contribution in [-0.4, -0.2) is 32.2 Å². The molecule has 0 radical (unpaired) electrons. The second kappa shape index (κ2) is 7.10. The second-order valence-electron chi connectivity index (χ2n) is 6.34. The average Bonchev–Trinajstić information content (AvgIpc) is 3.03. The Kier molecular flexibility index (Phi) is 4.48. The fraction of sp³-hybridized carbons (Fsp3) is 0.211. The fourth-order valence-electron chi connectivity index (χ4n) is 3.13. The van der Waals surface area contributed by atoms with Crippen molar-refractivity contribution in [2.24, 2.45) is 0 Å². The number of aromatic nitrogens is 4. The third-order valence-electron chi connectivity index (χ3n) is 4.59. The Morgan fingerprint density at radius 1 is 1.21 bits per heavy atom. The number of carbonyl (C=O) groups is 1. The fourth-order valence-corrected chi connectivity index (χ4v) is 3.13. The van der Waals surface area contributed by atoms with Crippen molar-refractivity contribution in [2.45, 2.75) is 19.4 Å². The van der Waals surface area contributed by atoms with Crippen LogP contribution in [0.1, 0.15) is 18.5 Å². The van der Waals surface area contributed by atoms with Crippen LogP contribution in [0.4, 0.5) is 0 Å². The zero-order valence-corrected chi connectivity index (χ0v) is 15.0. The lowest BCUT2D eigenvalue weighted by Crippen LogP contribution is -2.33. The summed E-state index contributed by atoms with van der Waals surface area (Å²) in [5.41, 5.74) is 1.02. The first-order valence-corrected chi connectivity index (χ1v) is 8.75. The molecule has 3 aromatic heterocycles. The highest BCUT2D eigenvalue weighted by Crippen LogP contribution is 2.20. The molecule has 9 nitrogen and oxygen atoms in total. The van der Waals surface area contributed by atoms with E-state index >= 15 is 0 Å². The highest BCUT2D eigenvalue weighted by Gasteiger charge is 2.20. The highest BCUT2D eigenvalue weighted by atomic mass is 16.4. The molecule has 2 N–H and O–H groups in total. The molecule has 1 aromatic carbocycles. The molecule has 142 valence electrons. The number of H-pyrrole nitrogens is 1. The van der Waals surface area contributed by atoms with Crippen LogP contribution in [0.25, 0.3) is 22.0 Å². The smallest absolute Gasteiger partial charge is 0.406 e. The first-order valence-electron chi connectivity index (χ1n) is 8.75. The Morgan fingerprint density at radius 3 is 2.82 bits per heavy atom. The first kappa shape index (κ1) is 17.7. The van der Waals surface area contributed by atoms with Crippen molar-refractivity contribution in [3.8, 4) is 0 Å². The Labute approximate surface area is 158 Å².